The highest BCUT2D eigenvalue weighted by Gasteiger charge is 2.09. The predicted octanol–water partition coefficient (Wildman–Crippen LogP) is 3.68. The highest BCUT2D eigenvalue weighted by molar-refractivity contribution is 7.80. The Balaban J connectivity index is 1.85. The number of rotatable bonds is 6. The lowest BCUT2D eigenvalue weighted by molar-refractivity contribution is -0.117. The van der Waals surface area contributed by atoms with E-state index in [-0.39, 0.29) is 22.0 Å². The summed E-state index contributed by atoms with van der Waals surface area (Å²) in [5.41, 5.74) is 1.87. The van der Waals surface area contributed by atoms with Crippen molar-refractivity contribution in [3.63, 3.8) is 0 Å². The van der Waals surface area contributed by atoms with Gasteiger partial charge in [0, 0.05) is 23.9 Å². The van der Waals surface area contributed by atoms with Crippen molar-refractivity contribution in [3.05, 3.63) is 54.1 Å². The number of carbonyl (C=O) groups is 2. The molecule has 0 spiro atoms. The summed E-state index contributed by atoms with van der Waals surface area (Å²) in [5, 5.41) is 11.3. The largest absolute Gasteiger partial charge is 0.493 e. The second kappa shape index (κ2) is 11.2. The Morgan fingerprint density at radius 1 is 0.867 bits per heavy atom. The van der Waals surface area contributed by atoms with E-state index in [4.69, 9.17) is 29.2 Å². The molecule has 0 aliphatic carbocycles. The average molecular weight is 445 g/mol. The molecule has 30 heavy (non-hydrogen) atoms. The molecule has 0 saturated heterocycles. The molecule has 2 amide bonds. The summed E-state index contributed by atoms with van der Waals surface area (Å²) in [6, 6.07) is 13.9. The second-order valence-electron chi connectivity index (χ2n) is 6.85. The van der Waals surface area contributed by atoms with Gasteiger partial charge >= 0.3 is 0 Å². The molecule has 0 heterocycles. The number of hydrogen-bond acceptors (Lipinski definition) is 5. The summed E-state index contributed by atoms with van der Waals surface area (Å²) in [6.45, 7) is 6.14. The van der Waals surface area contributed by atoms with Gasteiger partial charge in [-0.2, -0.15) is 0 Å². The van der Waals surface area contributed by atoms with Crippen LogP contribution in [0.25, 0.3) is 0 Å². The van der Waals surface area contributed by atoms with Crippen LogP contribution in [-0.4, -0.2) is 28.6 Å². The van der Waals surface area contributed by atoms with Crippen molar-refractivity contribution in [1.29, 1.82) is 0 Å². The van der Waals surface area contributed by atoms with E-state index >= 15 is 0 Å². The zero-order valence-corrected chi connectivity index (χ0v) is 18.6. The van der Waals surface area contributed by atoms with Crippen molar-refractivity contribution in [3.8, 4) is 5.75 Å². The van der Waals surface area contributed by atoms with E-state index in [1.807, 2.05) is 0 Å². The number of amides is 2. The molecule has 0 radical (unpaired) electrons. The minimum Gasteiger partial charge on any atom is -0.493 e. The molecule has 0 aliphatic heterocycles. The predicted molar refractivity (Wildman–Crippen MR) is 127 cm³/mol. The molecule has 0 aliphatic rings. The Hall–Kier alpha value is -3.04. The van der Waals surface area contributed by atoms with E-state index in [0.29, 0.717) is 35.2 Å². The summed E-state index contributed by atoms with van der Waals surface area (Å²) >= 11 is 10.2. The molecule has 9 heteroatoms. The van der Waals surface area contributed by atoms with E-state index in [1.54, 1.807) is 48.5 Å². The Morgan fingerprint density at radius 3 is 1.83 bits per heavy atom. The zero-order valence-electron chi connectivity index (χ0n) is 16.9. The lowest BCUT2D eigenvalue weighted by Gasteiger charge is -2.12. The van der Waals surface area contributed by atoms with E-state index in [0.717, 1.165) is 0 Å². The standard InChI is InChI=1S/C21H24N4O3S2/c1-13(2)12-28-18-10-4-15(5-11-18)19(27)25-21(30)24-17-8-6-16(7-9-17)23-20(29)22-14(3)26/h4-11,13H,12H2,1-3H3,(H2,22,23,26,29)(H2,24,25,27,30). The summed E-state index contributed by atoms with van der Waals surface area (Å²) in [7, 11) is 0. The normalized spacial score (nSPS) is 10.1. The number of ether oxygens (including phenoxy) is 1. The molecule has 0 aromatic heterocycles. The molecule has 0 bridgehead atoms. The van der Waals surface area contributed by atoms with Crippen LogP contribution in [0.1, 0.15) is 31.1 Å². The SMILES string of the molecule is CC(=O)NC(=S)Nc1ccc(NC(=S)NC(=O)c2ccc(OCC(C)C)cc2)cc1. The number of hydrogen-bond donors (Lipinski definition) is 4. The first kappa shape index (κ1) is 23.2. The van der Waals surface area contributed by atoms with Crippen molar-refractivity contribution in [2.45, 2.75) is 20.8 Å². The molecule has 0 unspecified atom stereocenters. The lowest BCUT2D eigenvalue weighted by atomic mass is 10.2. The van der Waals surface area contributed by atoms with Gasteiger partial charge in [0.05, 0.1) is 6.61 Å². The van der Waals surface area contributed by atoms with Crippen LogP contribution >= 0.6 is 24.4 Å². The number of carbonyl (C=O) groups excluding carboxylic acids is 2. The van der Waals surface area contributed by atoms with Gasteiger partial charge in [-0.05, 0) is 78.9 Å². The van der Waals surface area contributed by atoms with Crippen LogP contribution in [0.3, 0.4) is 0 Å². The van der Waals surface area contributed by atoms with Crippen LogP contribution in [0.2, 0.25) is 0 Å². The van der Waals surface area contributed by atoms with Crippen molar-refractivity contribution < 1.29 is 14.3 Å². The van der Waals surface area contributed by atoms with Crippen molar-refractivity contribution >= 4 is 57.8 Å². The van der Waals surface area contributed by atoms with E-state index < -0.39 is 0 Å². The van der Waals surface area contributed by atoms with Crippen LogP contribution in [0, 0.1) is 5.92 Å². The van der Waals surface area contributed by atoms with Gasteiger partial charge < -0.3 is 20.7 Å². The van der Waals surface area contributed by atoms with Crippen molar-refractivity contribution in [2.75, 3.05) is 17.2 Å². The van der Waals surface area contributed by atoms with Crippen LogP contribution in [0.5, 0.6) is 5.75 Å². The molecule has 158 valence electrons. The molecule has 0 atom stereocenters. The first-order chi connectivity index (χ1) is 14.2. The molecule has 2 aromatic carbocycles. The number of benzene rings is 2. The molecule has 7 nitrogen and oxygen atoms in total. The van der Waals surface area contributed by atoms with E-state index in [1.165, 1.54) is 6.92 Å². The number of thiocarbonyl (C=S) groups is 2. The summed E-state index contributed by atoms with van der Waals surface area (Å²) < 4.78 is 5.61. The second-order valence-corrected chi connectivity index (χ2v) is 7.67. The Morgan fingerprint density at radius 2 is 1.37 bits per heavy atom. The van der Waals surface area contributed by atoms with Gasteiger partial charge in [-0.3, -0.25) is 14.9 Å². The quantitative estimate of drug-likeness (QED) is 0.505. The van der Waals surface area contributed by atoms with Crippen molar-refractivity contribution in [1.82, 2.24) is 10.6 Å². The molecule has 4 N–H and O–H groups in total. The maximum absolute atomic E-state index is 12.3. The summed E-state index contributed by atoms with van der Waals surface area (Å²) in [4.78, 5) is 23.3. The third-order valence-corrected chi connectivity index (χ3v) is 4.03. The molecule has 0 saturated carbocycles. The number of anilines is 2. The van der Waals surface area contributed by atoms with E-state index in [2.05, 4.69) is 35.1 Å². The van der Waals surface area contributed by atoms with Gasteiger partial charge in [-0.25, -0.2) is 0 Å². The summed E-state index contributed by atoms with van der Waals surface area (Å²) in [6.07, 6.45) is 0. The minimum atomic E-state index is -0.318. The monoisotopic (exact) mass is 444 g/mol. The number of nitrogens with one attached hydrogen (secondary N) is 4. The van der Waals surface area contributed by atoms with Gasteiger partial charge in [0.2, 0.25) is 5.91 Å². The van der Waals surface area contributed by atoms with Gasteiger partial charge in [-0.1, -0.05) is 13.8 Å². The maximum Gasteiger partial charge on any atom is 0.257 e. The third-order valence-electron chi connectivity index (χ3n) is 3.62. The fraction of sp³-hybridized carbons (Fsp3) is 0.238. The first-order valence-corrected chi connectivity index (χ1v) is 10.1. The molecular weight excluding hydrogens is 420 g/mol. The fourth-order valence-electron chi connectivity index (χ4n) is 2.26. The summed E-state index contributed by atoms with van der Waals surface area (Å²) in [5.74, 6) is 0.578. The Bertz CT molecular complexity index is 913. The van der Waals surface area contributed by atoms with Crippen LogP contribution in [0.4, 0.5) is 11.4 Å². The Kier molecular flexibility index (Phi) is 8.70. The molecule has 2 rings (SSSR count). The lowest BCUT2D eigenvalue weighted by Crippen LogP contribution is -2.34. The minimum absolute atomic E-state index is 0.176. The van der Waals surface area contributed by atoms with Crippen molar-refractivity contribution in [2.24, 2.45) is 5.92 Å². The molecule has 2 aromatic rings. The first-order valence-electron chi connectivity index (χ1n) is 9.26. The fourth-order valence-corrected chi connectivity index (χ4v) is 2.73. The molecular formula is C21H24N4O3S2. The van der Waals surface area contributed by atoms with Crippen LogP contribution in [0.15, 0.2) is 48.5 Å². The topological polar surface area (TPSA) is 91.5 Å². The smallest absolute Gasteiger partial charge is 0.257 e. The molecule has 0 fully saturated rings. The highest BCUT2D eigenvalue weighted by atomic mass is 32.1. The van der Waals surface area contributed by atoms with Gasteiger partial charge in [0.1, 0.15) is 5.75 Å². The van der Waals surface area contributed by atoms with Crippen LogP contribution < -0.4 is 26.0 Å². The zero-order chi connectivity index (χ0) is 22.1. The average Bonchev–Trinajstić information content (AvgIpc) is 2.67. The van der Waals surface area contributed by atoms with Crippen LogP contribution in [-0.2, 0) is 4.79 Å². The van der Waals surface area contributed by atoms with Gasteiger partial charge in [-0.15, -0.1) is 0 Å². The highest BCUT2D eigenvalue weighted by Crippen LogP contribution is 2.15. The maximum atomic E-state index is 12.3. The van der Waals surface area contributed by atoms with E-state index in [9.17, 15) is 9.59 Å². The van der Waals surface area contributed by atoms with Gasteiger partial charge in [0.15, 0.2) is 10.2 Å². The van der Waals surface area contributed by atoms with Gasteiger partial charge in [0.25, 0.3) is 5.91 Å². The Labute approximate surface area is 186 Å². The third kappa shape index (κ3) is 8.14.